The van der Waals surface area contributed by atoms with E-state index in [1.54, 1.807) is 36.9 Å². The van der Waals surface area contributed by atoms with Crippen LogP contribution in [0.5, 0.6) is 0 Å². The topological polar surface area (TPSA) is 54.9 Å². The molecule has 0 saturated carbocycles. The van der Waals surface area contributed by atoms with Crippen molar-refractivity contribution in [3.8, 4) is 0 Å². The number of aromatic nitrogens is 2. The molecule has 0 aliphatic rings. The summed E-state index contributed by atoms with van der Waals surface area (Å²) in [6.45, 7) is 0.496. The molecule has 2 heterocycles. The van der Waals surface area contributed by atoms with Crippen LogP contribution in [-0.2, 0) is 6.54 Å². The quantitative estimate of drug-likeness (QED) is 0.838. The first-order valence-corrected chi connectivity index (χ1v) is 4.93. The van der Waals surface area contributed by atoms with Gasteiger partial charge in [-0.15, -0.1) is 0 Å². The molecule has 1 N–H and O–H groups in total. The molecule has 0 saturated heterocycles. The first-order valence-electron chi connectivity index (χ1n) is 4.93. The Morgan fingerprint density at radius 1 is 1.12 bits per heavy atom. The lowest BCUT2D eigenvalue weighted by molar-refractivity contribution is 0.0950. The Balaban J connectivity index is 1.95. The smallest absolute Gasteiger partial charge is 0.253 e. The summed E-state index contributed by atoms with van der Waals surface area (Å²) in [6.07, 6.45) is 6.58. The lowest BCUT2D eigenvalue weighted by atomic mass is 10.2. The summed E-state index contributed by atoms with van der Waals surface area (Å²) >= 11 is 0. The number of hydrogen-bond donors (Lipinski definition) is 1. The van der Waals surface area contributed by atoms with Gasteiger partial charge in [-0.3, -0.25) is 14.8 Å². The Hall–Kier alpha value is -2.23. The molecule has 0 atom stereocenters. The van der Waals surface area contributed by atoms with Gasteiger partial charge in [0, 0.05) is 31.3 Å². The minimum absolute atomic E-state index is 0.120. The Kier molecular flexibility index (Phi) is 3.23. The van der Waals surface area contributed by atoms with Gasteiger partial charge >= 0.3 is 0 Å². The van der Waals surface area contributed by atoms with Gasteiger partial charge in [-0.1, -0.05) is 0 Å². The van der Waals surface area contributed by atoms with Gasteiger partial charge in [0.1, 0.15) is 0 Å². The molecular formula is C12H11N3O. The van der Waals surface area contributed by atoms with Crippen molar-refractivity contribution in [3.05, 3.63) is 60.2 Å². The first kappa shape index (κ1) is 10.3. The highest BCUT2D eigenvalue weighted by Gasteiger charge is 2.03. The van der Waals surface area contributed by atoms with Gasteiger partial charge in [-0.25, -0.2) is 0 Å². The summed E-state index contributed by atoms with van der Waals surface area (Å²) in [5.41, 5.74) is 1.59. The number of rotatable bonds is 3. The second-order valence-corrected chi connectivity index (χ2v) is 3.28. The van der Waals surface area contributed by atoms with Crippen LogP contribution in [0.3, 0.4) is 0 Å². The van der Waals surface area contributed by atoms with E-state index in [2.05, 4.69) is 15.3 Å². The van der Waals surface area contributed by atoms with Gasteiger partial charge in [0.05, 0.1) is 5.56 Å². The average Bonchev–Trinajstić information content (AvgIpc) is 2.38. The van der Waals surface area contributed by atoms with Gasteiger partial charge in [0.25, 0.3) is 5.91 Å². The monoisotopic (exact) mass is 213 g/mol. The number of carbonyl (C=O) groups is 1. The van der Waals surface area contributed by atoms with Gasteiger partial charge in [-0.2, -0.15) is 0 Å². The van der Waals surface area contributed by atoms with Crippen LogP contribution in [0.15, 0.2) is 49.1 Å². The van der Waals surface area contributed by atoms with E-state index in [4.69, 9.17) is 0 Å². The molecule has 0 fully saturated rings. The summed E-state index contributed by atoms with van der Waals surface area (Å²) in [7, 11) is 0. The summed E-state index contributed by atoms with van der Waals surface area (Å²) < 4.78 is 0. The molecule has 2 aromatic rings. The number of nitrogens with one attached hydrogen (secondary N) is 1. The molecule has 0 spiro atoms. The second-order valence-electron chi connectivity index (χ2n) is 3.28. The van der Waals surface area contributed by atoms with E-state index in [1.807, 2.05) is 12.1 Å². The molecule has 4 heteroatoms. The molecule has 0 aliphatic carbocycles. The third-order valence-corrected chi connectivity index (χ3v) is 2.13. The molecule has 0 bridgehead atoms. The number of amides is 1. The van der Waals surface area contributed by atoms with Crippen LogP contribution >= 0.6 is 0 Å². The van der Waals surface area contributed by atoms with Crippen molar-refractivity contribution < 1.29 is 4.79 Å². The van der Waals surface area contributed by atoms with Crippen LogP contribution in [0.2, 0.25) is 0 Å². The predicted octanol–water partition coefficient (Wildman–Crippen LogP) is 1.41. The zero-order valence-corrected chi connectivity index (χ0v) is 8.63. The molecule has 0 unspecified atom stereocenters. The van der Waals surface area contributed by atoms with Crippen LogP contribution in [-0.4, -0.2) is 15.9 Å². The highest BCUT2D eigenvalue weighted by atomic mass is 16.1. The Morgan fingerprint density at radius 3 is 2.62 bits per heavy atom. The molecule has 1 amide bonds. The second kappa shape index (κ2) is 5.02. The van der Waals surface area contributed by atoms with Crippen molar-refractivity contribution in [3.63, 3.8) is 0 Å². The Morgan fingerprint density at radius 2 is 1.94 bits per heavy atom. The summed E-state index contributed by atoms with van der Waals surface area (Å²) in [6, 6.07) is 7.20. The first-order chi connectivity index (χ1) is 7.86. The van der Waals surface area contributed by atoms with Crippen molar-refractivity contribution in [1.82, 2.24) is 15.3 Å². The third-order valence-electron chi connectivity index (χ3n) is 2.13. The minimum Gasteiger partial charge on any atom is -0.348 e. The zero-order chi connectivity index (χ0) is 11.2. The number of nitrogens with zero attached hydrogens (tertiary/aromatic N) is 2. The van der Waals surface area contributed by atoms with Crippen molar-refractivity contribution in [2.75, 3.05) is 0 Å². The molecular weight excluding hydrogens is 202 g/mol. The molecule has 0 aliphatic heterocycles. The summed E-state index contributed by atoms with van der Waals surface area (Å²) in [5.74, 6) is -0.120. The molecule has 4 nitrogen and oxygen atoms in total. The number of pyridine rings is 2. The maximum atomic E-state index is 11.7. The van der Waals surface area contributed by atoms with Gasteiger partial charge in [-0.05, 0) is 29.8 Å². The number of hydrogen-bond acceptors (Lipinski definition) is 3. The predicted molar refractivity (Wildman–Crippen MR) is 59.6 cm³/mol. The number of carbonyl (C=O) groups excluding carboxylic acids is 1. The van der Waals surface area contributed by atoms with Gasteiger partial charge in [0.2, 0.25) is 0 Å². The fourth-order valence-electron chi connectivity index (χ4n) is 1.28. The fraction of sp³-hybridized carbons (Fsp3) is 0.0833. The van der Waals surface area contributed by atoms with Crippen LogP contribution < -0.4 is 5.32 Å². The van der Waals surface area contributed by atoms with Crippen molar-refractivity contribution in [1.29, 1.82) is 0 Å². The van der Waals surface area contributed by atoms with E-state index in [0.29, 0.717) is 12.1 Å². The maximum absolute atomic E-state index is 11.7. The Bertz CT molecular complexity index is 456. The van der Waals surface area contributed by atoms with Gasteiger partial charge in [0.15, 0.2) is 0 Å². The standard InChI is InChI=1S/C12H11N3O/c16-12(11-2-1-5-14-9-11)15-8-10-3-6-13-7-4-10/h1-7,9H,8H2,(H,15,16). The van der Waals surface area contributed by atoms with Crippen LogP contribution in [0.4, 0.5) is 0 Å². The fourth-order valence-corrected chi connectivity index (χ4v) is 1.28. The van der Waals surface area contributed by atoms with Crippen molar-refractivity contribution in [2.24, 2.45) is 0 Å². The minimum atomic E-state index is -0.120. The van der Waals surface area contributed by atoms with E-state index in [1.165, 1.54) is 0 Å². The van der Waals surface area contributed by atoms with E-state index < -0.39 is 0 Å². The van der Waals surface area contributed by atoms with E-state index in [-0.39, 0.29) is 5.91 Å². The lowest BCUT2D eigenvalue weighted by Crippen LogP contribution is -2.22. The largest absolute Gasteiger partial charge is 0.348 e. The average molecular weight is 213 g/mol. The molecule has 16 heavy (non-hydrogen) atoms. The molecule has 0 radical (unpaired) electrons. The SMILES string of the molecule is O=C(NCc1ccncc1)c1cccnc1. The molecule has 2 aromatic heterocycles. The maximum Gasteiger partial charge on any atom is 0.253 e. The highest BCUT2D eigenvalue weighted by Crippen LogP contribution is 1.98. The molecule has 0 aromatic carbocycles. The van der Waals surface area contributed by atoms with Crippen LogP contribution in [0, 0.1) is 0 Å². The van der Waals surface area contributed by atoms with Crippen LogP contribution in [0.1, 0.15) is 15.9 Å². The van der Waals surface area contributed by atoms with Crippen molar-refractivity contribution >= 4 is 5.91 Å². The summed E-state index contributed by atoms with van der Waals surface area (Å²) in [4.78, 5) is 19.4. The molecule has 80 valence electrons. The third kappa shape index (κ3) is 2.63. The highest BCUT2D eigenvalue weighted by molar-refractivity contribution is 5.93. The van der Waals surface area contributed by atoms with E-state index >= 15 is 0 Å². The normalized spacial score (nSPS) is 9.75. The van der Waals surface area contributed by atoms with Crippen LogP contribution in [0.25, 0.3) is 0 Å². The van der Waals surface area contributed by atoms with E-state index in [9.17, 15) is 4.79 Å². The lowest BCUT2D eigenvalue weighted by Gasteiger charge is -2.04. The zero-order valence-electron chi connectivity index (χ0n) is 8.63. The summed E-state index contributed by atoms with van der Waals surface area (Å²) in [5, 5.41) is 2.81. The molecule has 2 rings (SSSR count). The Labute approximate surface area is 93.4 Å². The van der Waals surface area contributed by atoms with Gasteiger partial charge < -0.3 is 5.32 Å². The van der Waals surface area contributed by atoms with E-state index in [0.717, 1.165) is 5.56 Å². The van der Waals surface area contributed by atoms with Crippen molar-refractivity contribution in [2.45, 2.75) is 6.54 Å².